The number of halogens is 4. The lowest BCUT2D eigenvalue weighted by atomic mass is 9.89. The Morgan fingerprint density at radius 1 is 0.528 bits per heavy atom. The second-order valence-electron chi connectivity index (χ2n) is 18.9. The zero-order chi connectivity index (χ0) is 50.8. The quantitative estimate of drug-likeness (QED) is 0.0632. The second-order valence-corrected chi connectivity index (χ2v) is 18.9. The van der Waals surface area contributed by atoms with Gasteiger partial charge in [-0.2, -0.15) is 0 Å². The number of imidazole rings is 2. The summed E-state index contributed by atoms with van der Waals surface area (Å²) in [5, 5.41) is 33.9. The molecule has 6 aromatic heterocycles. The number of piperidine rings is 2. The molecule has 2 saturated heterocycles. The Morgan fingerprint density at radius 2 is 0.917 bits per heavy atom. The fourth-order valence-corrected chi connectivity index (χ4v) is 9.78. The molecule has 2 aliphatic heterocycles. The highest BCUT2D eigenvalue weighted by atomic mass is 19.1. The highest BCUT2D eigenvalue weighted by Gasteiger charge is 2.26. The van der Waals surface area contributed by atoms with Gasteiger partial charge in [-0.15, -0.1) is 0 Å². The van der Waals surface area contributed by atoms with Crippen LogP contribution in [0.5, 0.6) is 0 Å². The van der Waals surface area contributed by atoms with Crippen molar-refractivity contribution in [2.75, 3.05) is 36.8 Å². The van der Waals surface area contributed by atoms with Crippen LogP contribution in [-0.4, -0.2) is 85.4 Å². The average molecular weight is 987 g/mol. The van der Waals surface area contributed by atoms with E-state index >= 15 is 0 Å². The first-order valence-electron chi connectivity index (χ1n) is 24.3. The van der Waals surface area contributed by atoms with Crippen molar-refractivity contribution in [3.05, 3.63) is 119 Å². The van der Waals surface area contributed by atoms with Crippen LogP contribution in [0.25, 0.3) is 44.6 Å². The molecule has 8 heterocycles. The zero-order valence-electron chi connectivity index (χ0n) is 40.9. The summed E-state index contributed by atoms with van der Waals surface area (Å²) in [6, 6.07) is 13.1. The van der Waals surface area contributed by atoms with Crippen molar-refractivity contribution in [2.24, 2.45) is 11.8 Å². The normalized spacial score (nSPS) is 15.5. The average Bonchev–Trinajstić information content (AvgIpc) is 3.92. The molecular weight excluding hydrogens is 929 g/mol. The van der Waals surface area contributed by atoms with Crippen LogP contribution in [0.3, 0.4) is 0 Å². The summed E-state index contributed by atoms with van der Waals surface area (Å²) in [5.41, 5.74) is 3.66. The number of aliphatic hydroxyl groups is 2. The number of aliphatic hydroxyl groups excluding tert-OH is 2. The predicted octanol–water partition coefficient (Wildman–Crippen LogP) is 9.66. The molecule has 376 valence electrons. The molecule has 72 heavy (non-hydrogen) atoms. The minimum absolute atomic E-state index is 0.0274. The standard InChI is InChI=1S/2C26H29F2N7O/c2*1-14(2)35-15(3)32-24-19(27)10-18(11-21(24)35)23-20(28)13-31-26(34-23)33-22-5-4-17(12-30-22)25(36)16-6-8-29-9-7-16/h2*4-5,10-14,16,25,29,36H,6-9H2,1-3H3,(H,30,31,33,34)/t2*25-/m10/s1. The second kappa shape index (κ2) is 21.4. The van der Waals surface area contributed by atoms with Crippen LogP contribution in [0.1, 0.15) is 100 Å². The first-order chi connectivity index (χ1) is 34.6. The van der Waals surface area contributed by atoms with Gasteiger partial charge in [0.25, 0.3) is 0 Å². The van der Waals surface area contributed by atoms with Crippen molar-refractivity contribution in [3.63, 3.8) is 0 Å². The molecule has 0 aliphatic carbocycles. The first kappa shape index (κ1) is 50.0. The van der Waals surface area contributed by atoms with E-state index in [1.54, 1.807) is 36.7 Å². The van der Waals surface area contributed by atoms with Crippen LogP contribution in [0.4, 0.5) is 41.1 Å². The number of pyridine rings is 2. The Bertz CT molecular complexity index is 2980. The van der Waals surface area contributed by atoms with Crippen molar-refractivity contribution < 1.29 is 27.8 Å². The predicted molar refractivity (Wildman–Crippen MR) is 268 cm³/mol. The summed E-state index contributed by atoms with van der Waals surface area (Å²) in [7, 11) is 0. The summed E-state index contributed by atoms with van der Waals surface area (Å²) < 4.78 is 63.2. The van der Waals surface area contributed by atoms with Gasteiger partial charge in [0.1, 0.15) is 45.7 Å². The van der Waals surface area contributed by atoms with Crippen LogP contribution in [-0.2, 0) is 0 Å². The highest BCUT2D eigenvalue weighted by molar-refractivity contribution is 5.84. The highest BCUT2D eigenvalue weighted by Crippen LogP contribution is 2.34. The first-order valence-corrected chi connectivity index (χ1v) is 24.3. The van der Waals surface area contributed by atoms with Gasteiger partial charge < -0.3 is 40.6 Å². The maximum Gasteiger partial charge on any atom is 0.229 e. The summed E-state index contributed by atoms with van der Waals surface area (Å²) in [4.78, 5) is 34.1. The minimum Gasteiger partial charge on any atom is -0.388 e. The largest absolute Gasteiger partial charge is 0.388 e. The summed E-state index contributed by atoms with van der Waals surface area (Å²) in [5.74, 6) is 0.492. The number of hydrogen-bond acceptors (Lipinski definition) is 14. The number of aryl methyl sites for hydroxylation is 2. The maximum absolute atomic E-state index is 14.9. The molecule has 0 amide bonds. The molecular formula is C52H58F4N14O2. The molecule has 0 bridgehead atoms. The third-order valence-corrected chi connectivity index (χ3v) is 13.3. The smallest absolute Gasteiger partial charge is 0.229 e. The van der Waals surface area contributed by atoms with Crippen LogP contribution < -0.4 is 21.3 Å². The number of nitrogens with one attached hydrogen (secondary N) is 4. The van der Waals surface area contributed by atoms with E-state index in [9.17, 15) is 27.8 Å². The van der Waals surface area contributed by atoms with Crippen LogP contribution >= 0.6 is 0 Å². The summed E-state index contributed by atoms with van der Waals surface area (Å²) in [6.07, 6.45) is 7.85. The molecule has 0 spiro atoms. The lowest BCUT2D eigenvalue weighted by Crippen LogP contribution is -2.30. The van der Waals surface area contributed by atoms with Gasteiger partial charge in [0, 0.05) is 35.6 Å². The van der Waals surface area contributed by atoms with Crippen molar-refractivity contribution in [1.29, 1.82) is 0 Å². The number of aromatic nitrogens is 10. The monoisotopic (exact) mass is 986 g/mol. The van der Waals surface area contributed by atoms with Gasteiger partial charge in [0.05, 0.1) is 35.6 Å². The topological polar surface area (TPSA) is 202 Å². The lowest BCUT2D eigenvalue weighted by Gasteiger charge is -2.27. The molecule has 16 nitrogen and oxygen atoms in total. The zero-order valence-corrected chi connectivity index (χ0v) is 40.9. The van der Waals surface area contributed by atoms with E-state index in [1.165, 1.54) is 12.1 Å². The van der Waals surface area contributed by atoms with Crippen molar-refractivity contribution in [2.45, 2.75) is 91.5 Å². The SMILES string of the molecule is Cc1nc2c(F)cc(-c3nc(Nc4ccc([C@@H](O)C5CCNCC5)cn4)ncc3F)cc2n1C(C)C.Cc1nc2c(F)cc(-c3nc(Nc4ccc([C@H](O)C5CCNCC5)cn4)ncc3F)cc2n1C(C)C. The summed E-state index contributed by atoms with van der Waals surface area (Å²) in [6.45, 7) is 15.2. The number of nitrogens with zero attached hydrogens (tertiary/aromatic N) is 10. The molecule has 2 aliphatic rings. The molecule has 0 unspecified atom stereocenters. The van der Waals surface area contributed by atoms with E-state index in [4.69, 9.17) is 0 Å². The Morgan fingerprint density at radius 3 is 1.26 bits per heavy atom. The Labute approximate surface area is 413 Å². The Hall–Kier alpha value is -7.00. The molecule has 2 aromatic carbocycles. The number of rotatable bonds is 12. The van der Waals surface area contributed by atoms with Gasteiger partial charge in [-0.3, -0.25) is 0 Å². The molecule has 0 radical (unpaired) electrons. The van der Waals surface area contributed by atoms with Crippen LogP contribution in [0, 0.1) is 49.0 Å². The van der Waals surface area contributed by atoms with Gasteiger partial charge >= 0.3 is 0 Å². The molecule has 10 rings (SSSR count). The minimum atomic E-state index is -0.667. The van der Waals surface area contributed by atoms with Gasteiger partial charge in [-0.25, -0.2) is 57.4 Å². The van der Waals surface area contributed by atoms with Gasteiger partial charge in [-0.1, -0.05) is 12.1 Å². The fourth-order valence-electron chi connectivity index (χ4n) is 9.78. The van der Waals surface area contributed by atoms with E-state index < -0.39 is 35.5 Å². The number of benzene rings is 2. The van der Waals surface area contributed by atoms with Crippen LogP contribution in [0.15, 0.2) is 73.3 Å². The summed E-state index contributed by atoms with van der Waals surface area (Å²) >= 11 is 0. The molecule has 2 fully saturated rings. The van der Waals surface area contributed by atoms with E-state index in [1.807, 2.05) is 62.8 Å². The van der Waals surface area contributed by atoms with Crippen molar-refractivity contribution in [1.82, 2.24) is 59.6 Å². The number of fused-ring (bicyclic) bond motifs is 2. The van der Waals surface area contributed by atoms with Crippen molar-refractivity contribution >= 4 is 45.6 Å². The van der Waals surface area contributed by atoms with Gasteiger partial charge in [0.15, 0.2) is 23.3 Å². The van der Waals surface area contributed by atoms with E-state index in [0.29, 0.717) is 34.3 Å². The molecule has 20 heteroatoms. The molecule has 0 saturated carbocycles. The fraction of sp³-hybridized carbons (Fsp3) is 0.385. The molecule has 2 atom stereocenters. The van der Waals surface area contributed by atoms with Crippen LogP contribution in [0.2, 0.25) is 0 Å². The van der Waals surface area contributed by atoms with E-state index in [2.05, 4.69) is 61.1 Å². The molecule has 8 aromatic rings. The lowest BCUT2D eigenvalue weighted by molar-refractivity contribution is 0.0885. The maximum atomic E-state index is 14.9. The number of anilines is 4. The molecule has 6 N–H and O–H groups in total. The Balaban J connectivity index is 0.000000178. The Kier molecular flexibility index (Phi) is 14.8. The van der Waals surface area contributed by atoms with Crippen molar-refractivity contribution in [3.8, 4) is 22.5 Å². The van der Waals surface area contributed by atoms with Gasteiger partial charge in [0.2, 0.25) is 11.9 Å². The number of hydrogen-bond donors (Lipinski definition) is 6. The van der Waals surface area contributed by atoms with Gasteiger partial charge in [-0.05, 0) is 153 Å². The van der Waals surface area contributed by atoms with E-state index in [-0.39, 0.29) is 69.4 Å². The van der Waals surface area contributed by atoms with E-state index in [0.717, 1.165) is 75.4 Å². The third kappa shape index (κ3) is 10.6. The third-order valence-electron chi connectivity index (χ3n) is 13.3.